The van der Waals surface area contributed by atoms with Crippen LogP contribution in [0.4, 0.5) is 13.2 Å². The minimum absolute atomic E-state index is 0.124. The average Bonchev–Trinajstić information content (AvgIpc) is 3.40. The Bertz CT molecular complexity index is 1790. The van der Waals surface area contributed by atoms with E-state index >= 15 is 0 Å². The molecule has 0 aliphatic rings. The van der Waals surface area contributed by atoms with Crippen molar-refractivity contribution >= 4 is 28.7 Å². The third kappa shape index (κ3) is 7.53. The lowest BCUT2D eigenvalue weighted by molar-refractivity contribution is -0.135. The minimum Gasteiger partial charge on any atom is -0.495 e. The number of Topliss-reactive ketones (excluding diaryl/α,β-unsaturated/α-hetero) is 2. The largest absolute Gasteiger partial charge is 0.495 e. The Morgan fingerprint density at radius 1 is 1.14 bits per heavy atom. The number of carbonyl (C=O) groups excluding carboxylic acids is 2. The molecule has 1 unspecified atom stereocenters. The van der Waals surface area contributed by atoms with E-state index in [0.29, 0.717) is 27.2 Å². The van der Waals surface area contributed by atoms with Crippen molar-refractivity contribution in [3.63, 3.8) is 0 Å². The van der Waals surface area contributed by atoms with Gasteiger partial charge in [-0.05, 0) is 48.7 Å². The summed E-state index contributed by atoms with van der Waals surface area (Å²) in [4.78, 5) is 39.8. The van der Waals surface area contributed by atoms with Crippen molar-refractivity contribution in [3.05, 3.63) is 87.1 Å². The lowest BCUT2D eigenvalue weighted by Gasteiger charge is -2.21. The fourth-order valence-corrected chi connectivity index (χ4v) is 5.09. The number of rotatable bonds is 13. The standard InChI is InChI=1S/C31H28ClF3N4O5/c1-43-11-8-25(38-18-29(44-2)23(15-30(38)42)22-14-21(32)6-5-20(22)16-36)28(41)13-19-7-10-39-26(12-19)24(17-37-39)27(40)4-3-9-31(33,34)35/h5-7,10,12,14-15,17-18,25H,3-4,8-9,11,13H2,1-2H3. The van der Waals surface area contributed by atoms with Crippen molar-refractivity contribution < 1.29 is 32.2 Å². The molecule has 0 radical (unpaired) electrons. The summed E-state index contributed by atoms with van der Waals surface area (Å²) in [5.41, 5.74) is 1.54. The van der Waals surface area contributed by atoms with Crippen LogP contribution in [0.15, 0.2) is 59.8 Å². The van der Waals surface area contributed by atoms with E-state index in [1.165, 1.54) is 47.8 Å². The molecule has 9 nitrogen and oxygen atoms in total. The van der Waals surface area contributed by atoms with Gasteiger partial charge in [-0.25, -0.2) is 4.52 Å². The van der Waals surface area contributed by atoms with Gasteiger partial charge in [0, 0.05) is 61.4 Å². The maximum Gasteiger partial charge on any atom is 0.389 e. The summed E-state index contributed by atoms with van der Waals surface area (Å²) in [6.07, 6.45) is -1.76. The summed E-state index contributed by atoms with van der Waals surface area (Å²) in [6, 6.07) is 10.3. The summed E-state index contributed by atoms with van der Waals surface area (Å²) >= 11 is 6.15. The topological polar surface area (TPSA) is 116 Å². The first kappa shape index (κ1) is 32.4. The van der Waals surface area contributed by atoms with Gasteiger partial charge in [0.05, 0.1) is 48.3 Å². The van der Waals surface area contributed by atoms with E-state index in [9.17, 15) is 32.8 Å². The number of carbonyl (C=O) groups is 2. The van der Waals surface area contributed by atoms with Gasteiger partial charge in [0.25, 0.3) is 5.56 Å². The molecule has 0 bridgehead atoms. The van der Waals surface area contributed by atoms with Crippen LogP contribution in [0.25, 0.3) is 16.6 Å². The van der Waals surface area contributed by atoms with E-state index in [0.717, 1.165) is 0 Å². The van der Waals surface area contributed by atoms with E-state index < -0.39 is 30.0 Å². The number of benzene rings is 1. The number of hydrogen-bond acceptors (Lipinski definition) is 7. The highest BCUT2D eigenvalue weighted by molar-refractivity contribution is 6.31. The maximum absolute atomic E-state index is 13.7. The van der Waals surface area contributed by atoms with Crippen molar-refractivity contribution in [3.8, 4) is 22.9 Å². The smallest absolute Gasteiger partial charge is 0.389 e. The second-order valence-corrected chi connectivity index (χ2v) is 10.5. The SMILES string of the molecule is COCCC(C(=O)Cc1ccn2ncc(C(=O)CCCC(F)(F)F)c2c1)n1cc(OC)c(-c2cc(Cl)ccc2C#N)cc1=O. The Labute approximate surface area is 255 Å². The number of pyridine rings is 2. The van der Waals surface area contributed by atoms with Gasteiger partial charge in [0.1, 0.15) is 5.75 Å². The number of ketones is 2. The first-order valence-corrected chi connectivity index (χ1v) is 13.9. The van der Waals surface area contributed by atoms with Gasteiger partial charge in [-0.3, -0.25) is 14.4 Å². The van der Waals surface area contributed by atoms with Crippen LogP contribution in [-0.2, 0) is 16.0 Å². The summed E-state index contributed by atoms with van der Waals surface area (Å²) in [7, 11) is 2.87. The maximum atomic E-state index is 13.7. The molecule has 0 fully saturated rings. The molecule has 0 aliphatic heterocycles. The zero-order valence-electron chi connectivity index (χ0n) is 23.9. The molecule has 1 atom stereocenters. The van der Waals surface area contributed by atoms with E-state index in [-0.39, 0.29) is 54.9 Å². The van der Waals surface area contributed by atoms with Gasteiger partial charge >= 0.3 is 6.18 Å². The quantitative estimate of drug-likeness (QED) is 0.167. The second-order valence-electron chi connectivity index (χ2n) is 10.1. The number of nitrogens with zero attached hydrogens (tertiary/aromatic N) is 4. The van der Waals surface area contributed by atoms with Gasteiger partial charge in [-0.15, -0.1) is 0 Å². The number of alkyl halides is 3. The summed E-state index contributed by atoms with van der Waals surface area (Å²) in [5, 5.41) is 14.0. The molecule has 0 spiro atoms. The average molecular weight is 629 g/mol. The van der Waals surface area contributed by atoms with Crippen LogP contribution >= 0.6 is 11.6 Å². The molecule has 0 saturated carbocycles. The summed E-state index contributed by atoms with van der Waals surface area (Å²) < 4.78 is 51.0. The van der Waals surface area contributed by atoms with E-state index in [2.05, 4.69) is 11.2 Å². The fourth-order valence-electron chi connectivity index (χ4n) is 4.92. The third-order valence-corrected chi connectivity index (χ3v) is 7.32. The molecule has 44 heavy (non-hydrogen) atoms. The minimum atomic E-state index is -4.35. The molecule has 4 rings (SSSR count). The number of halogens is 4. The van der Waals surface area contributed by atoms with Crippen LogP contribution < -0.4 is 10.3 Å². The van der Waals surface area contributed by atoms with E-state index in [1.807, 2.05) is 0 Å². The first-order chi connectivity index (χ1) is 20.9. The molecule has 13 heteroatoms. The molecule has 3 aromatic heterocycles. The van der Waals surface area contributed by atoms with Gasteiger partial charge in [0.15, 0.2) is 11.6 Å². The molecular weight excluding hydrogens is 601 g/mol. The van der Waals surface area contributed by atoms with Gasteiger partial charge in [-0.1, -0.05) is 11.6 Å². The summed E-state index contributed by atoms with van der Waals surface area (Å²) in [5.74, 6) is -0.571. The molecule has 3 heterocycles. The third-order valence-electron chi connectivity index (χ3n) is 7.09. The number of ether oxygens (including phenoxy) is 2. The van der Waals surface area contributed by atoms with Crippen molar-refractivity contribution in [1.82, 2.24) is 14.2 Å². The molecule has 0 amide bonds. The Hall–Kier alpha value is -4.47. The number of methoxy groups -OCH3 is 2. The number of nitriles is 1. The number of hydrogen-bond donors (Lipinski definition) is 0. The van der Waals surface area contributed by atoms with Crippen LogP contribution in [0.5, 0.6) is 5.75 Å². The number of aromatic nitrogens is 3. The molecule has 0 N–H and O–H groups in total. The number of fused-ring (bicyclic) bond motifs is 1. The van der Waals surface area contributed by atoms with Crippen molar-refractivity contribution in [2.75, 3.05) is 20.8 Å². The highest BCUT2D eigenvalue weighted by Gasteiger charge is 2.27. The van der Waals surface area contributed by atoms with Crippen molar-refractivity contribution in [1.29, 1.82) is 5.26 Å². The van der Waals surface area contributed by atoms with Crippen LogP contribution in [0.2, 0.25) is 5.02 Å². The second kappa shape index (κ2) is 13.9. The lowest BCUT2D eigenvalue weighted by Crippen LogP contribution is -2.31. The van der Waals surface area contributed by atoms with Crippen molar-refractivity contribution in [2.45, 2.75) is 44.3 Å². The van der Waals surface area contributed by atoms with Crippen LogP contribution in [0.1, 0.15) is 53.2 Å². The zero-order valence-corrected chi connectivity index (χ0v) is 24.6. The van der Waals surface area contributed by atoms with E-state index in [1.54, 1.807) is 30.5 Å². The highest BCUT2D eigenvalue weighted by Crippen LogP contribution is 2.34. The normalized spacial score (nSPS) is 12.2. The Morgan fingerprint density at radius 2 is 1.91 bits per heavy atom. The zero-order chi connectivity index (χ0) is 32.0. The van der Waals surface area contributed by atoms with Crippen LogP contribution in [0.3, 0.4) is 0 Å². The predicted octanol–water partition coefficient (Wildman–Crippen LogP) is 6.00. The fraction of sp³-hybridized carbons (Fsp3) is 0.323. The van der Waals surface area contributed by atoms with Crippen molar-refractivity contribution in [2.24, 2.45) is 0 Å². The lowest BCUT2D eigenvalue weighted by atomic mass is 9.98. The van der Waals surface area contributed by atoms with Crippen LogP contribution in [-0.4, -0.2) is 52.8 Å². The van der Waals surface area contributed by atoms with Crippen LogP contribution in [0, 0.1) is 11.3 Å². The Kier molecular flexibility index (Phi) is 10.2. The van der Waals surface area contributed by atoms with Gasteiger partial charge in [-0.2, -0.15) is 23.5 Å². The highest BCUT2D eigenvalue weighted by atomic mass is 35.5. The molecule has 0 saturated heterocycles. The molecule has 1 aromatic carbocycles. The van der Waals surface area contributed by atoms with E-state index in [4.69, 9.17) is 21.1 Å². The predicted molar refractivity (Wildman–Crippen MR) is 156 cm³/mol. The summed E-state index contributed by atoms with van der Waals surface area (Å²) in [6.45, 7) is 0.165. The van der Waals surface area contributed by atoms with Gasteiger partial charge < -0.3 is 14.0 Å². The molecule has 0 aliphatic carbocycles. The Morgan fingerprint density at radius 3 is 2.59 bits per heavy atom. The molecular formula is C31H28ClF3N4O5. The Balaban J connectivity index is 1.64. The molecule has 230 valence electrons. The first-order valence-electron chi connectivity index (χ1n) is 13.5. The van der Waals surface area contributed by atoms with Gasteiger partial charge in [0.2, 0.25) is 0 Å². The molecule has 4 aromatic rings. The monoisotopic (exact) mass is 628 g/mol.